The summed E-state index contributed by atoms with van der Waals surface area (Å²) in [6, 6.07) is 0.394. The van der Waals surface area contributed by atoms with E-state index in [2.05, 4.69) is 10.2 Å². The fraction of sp³-hybridized carbons (Fsp3) is 1.00. The maximum Gasteiger partial charge on any atom is 0.0831 e. The number of rotatable bonds is 1. The summed E-state index contributed by atoms with van der Waals surface area (Å²) < 4.78 is 0. The van der Waals surface area contributed by atoms with E-state index >= 15 is 0 Å². The highest BCUT2D eigenvalue weighted by atomic mass is 35.5. The fourth-order valence-electron chi connectivity index (χ4n) is 2.27. The molecule has 3 nitrogen and oxygen atoms in total. The number of likely N-dealkylation sites (tertiary alicyclic amines) is 1. The molecular weight excluding hydrogens is 223 g/mol. The van der Waals surface area contributed by atoms with Crippen molar-refractivity contribution in [3.63, 3.8) is 0 Å². The summed E-state index contributed by atoms with van der Waals surface area (Å²) >= 11 is 0. The predicted molar refractivity (Wildman–Crippen MR) is 62.6 cm³/mol. The number of aliphatic hydroxyl groups excluding tert-OH is 1. The summed E-state index contributed by atoms with van der Waals surface area (Å²) in [4.78, 5) is 2.44. The molecule has 0 aromatic rings. The Labute approximate surface area is 98.1 Å². The van der Waals surface area contributed by atoms with E-state index in [-0.39, 0.29) is 30.9 Å². The third-order valence-electron chi connectivity index (χ3n) is 3.01. The van der Waals surface area contributed by atoms with Crippen LogP contribution in [-0.2, 0) is 0 Å². The number of β-amino-alcohol motifs (C(OH)–C–C–N with tert-alkyl or cyclic N) is 1. The molecule has 5 heteroatoms. The van der Waals surface area contributed by atoms with Crippen molar-refractivity contribution in [2.75, 3.05) is 26.2 Å². The molecule has 0 amide bonds. The Balaban J connectivity index is 0.000000845. The zero-order valence-corrected chi connectivity index (χ0v) is 9.95. The molecule has 0 aromatic carbocycles. The Kier molecular flexibility index (Phi) is 7.08. The molecule has 0 saturated carbocycles. The largest absolute Gasteiger partial charge is 0.390 e. The van der Waals surface area contributed by atoms with Gasteiger partial charge in [0.15, 0.2) is 0 Å². The third-order valence-corrected chi connectivity index (χ3v) is 3.01. The second-order valence-electron chi connectivity index (χ2n) is 3.89. The van der Waals surface area contributed by atoms with Gasteiger partial charge in [0, 0.05) is 19.1 Å². The lowest BCUT2D eigenvalue weighted by atomic mass is 10.1. The van der Waals surface area contributed by atoms with Crippen LogP contribution in [0.25, 0.3) is 0 Å². The van der Waals surface area contributed by atoms with E-state index < -0.39 is 0 Å². The van der Waals surface area contributed by atoms with Crippen LogP contribution in [-0.4, -0.2) is 48.3 Å². The minimum Gasteiger partial charge on any atom is -0.390 e. The Hall–Kier alpha value is 0.460. The molecule has 86 valence electrons. The van der Waals surface area contributed by atoms with Gasteiger partial charge in [0.2, 0.25) is 0 Å². The normalized spacial score (nSPS) is 33.2. The Morgan fingerprint density at radius 1 is 1.00 bits per heavy atom. The first-order chi connectivity index (χ1) is 5.88. The van der Waals surface area contributed by atoms with Crippen molar-refractivity contribution in [3.05, 3.63) is 0 Å². The number of halogens is 2. The molecule has 2 unspecified atom stereocenters. The van der Waals surface area contributed by atoms with Crippen LogP contribution in [0.2, 0.25) is 0 Å². The zero-order chi connectivity index (χ0) is 8.39. The predicted octanol–water partition coefficient (Wildman–Crippen LogP) is 0.649. The zero-order valence-electron chi connectivity index (χ0n) is 8.32. The van der Waals surface area contributed by atoms with Gasteiger partial charge in [-0.25, -0.2) is 0 Å². The molecule has 2 fully saturated rings. The SMILES string of the molecule is Cl.Cl.OC1CNCC1N1CCCCC1. The van der Waals surface area contributed by atoms with E-state index in [0.717, 1.165) is 13.1 Å². The smallest absolute Gasteiger partial charge is 0.0831 e. The van der Waals surface area contributed by atoms with Gasteiger partial charge in [0.1, 0.15) is 0 Å². The first-order valence-electron chi connectivity index (χ1n) is 5.01. The standard InChI is InChI=1S/C9H18N2O.2ClH/c12-9-7-10-6-8(9)11-4-2-1-3-5-11;;/h8-10,12H,1-7H2;2*1H. The van der Waals surface area contributed by atoms with E-state index in [9.17, 15) is 5.11 Å². The molecule has 0 spiro atoms. The fourth-order valence-corrected chi connectivity index (χ4v) is 2.27. The van der Waals surface area contributed by atoms with Crippen LogP contribution < -0.4 is 5.32 Å². The van der Waals surface area contributed by atoms with Crippen LogP contribution in [0.4, 0.5) is 0 Å². The number of hydrogen-bond donors (Lipinski definition) is 2. The minimum atomic E-state index is -0.136. The van der Waals surface area contributed by atoms with Gasteiger partial charge < -0.3 is 10.4 Å². The van der Waals surface area contributed by atoms with Crippen molar-refractivity contribution < 1.29 is 5.11 Å². The lowest BCUT2D eigenvalue weighted by molar-refractivity contribution is 0.0706. The molecule has 2 heterocycles. The Morgan fingerprint density at radius 3 is 2.14 bits per heavy atom. The average Bonchev–Trinajstić information content (AvgIpc) is 2.53. The third kappa shape index (κ3) is 3.24. The van der Waals surface area contributed by atoms with Crippen LogP contribution in [0.3, 0.4) is 0 Å². The van der Waals surface area contributed by atoms with Gasteiger partial charge in [-0.05, 0) is 25.9 Å². The quantitative estimate of drug-likeness (QED) is 0.709. The number of nitrogens with zero attached hydrogens (tertiary/aromatic N) is 1. The van der Waals surface area contributed by atoms with Crippen molar-refractivity contribution in [3.8, 4) is 0 Å². The Bertz CT molecular complexity index is 154. The molecule has 0 bridgehead atoms. The second kappa shape index (κ2) is 6.85. The van der Waals surface area contributed by atoms with E-state index in [0.29, 0.717) is 6.04 Å². The summed E-state index contributed by atoms with van der Waals surface area (Å²) in [6.45, 7) is 4.12. The van der Waals surface area contributed by atoms with Crippen molar-refractivity contribution in [2.24, 2.45) is 0 Å². The van der Waals surface area contributed by atoms with Gasteiger partial charge in [-0.15, -0.1) is 24.8 Å². The van der Waals surface area contributed by atoms with Crippen molar-refractivity contribution in [2.45, 2.75) is 31.4 Å². The van der Waals surface area contributed by atoms with Crippen molar-refractivity contribution in [1.82, 2.24) is 10.2 Å². The Morgan fingerprint density at radius 2 is 1.64 bits per heavy atom. The van der Waals surface area contributed by atoms with E-state index in [1.807, 2.05) is 0 Å². The monoisotopic (exact) mass is 242 g/mol. The van der Waals surface area contributed by atoms with Gasteiger partial charge in [0.25, 0.3) is 0 Å². The maximum absolute atomic E-state index is 9.64. The summed E-state index contributed by atoms with van der Waals surface area (Å²) in [5.74, 6) is 0. The van der Waals surface area contributed by atoms with Gasteiger partial charge in [0.05, 0.1) is 6.10 Å². The van der Waals surface area contributed by atoms with E-state index in [4.69, 9.17) is 0 Å². The first kappa shape index (κ1) is 14.5. The van der Waals surface area contributed by atoms with Crippen molar-refractivity contribution >= 4 is 24.8 Å². The highest BCUT2D eigenvalue weighted by Gasteiger charge is 2.30. The molecule has 14 heavy (non-hydrogen) atoms. The van der Waals surface area contributed by atoms with Gasteiger partial charge in [-0.3, -0.25) is 4.90 Å². The molecule has 2 aliphatic heterocycles. The summed E-state index contributed by atoms with van der Waals surface area (Å²) in [5.41, 5.74) is 0. The summed E-state index contributed by atoms with van der Waals surface area (Å²) in [6.07, 6.45) is 3.85. The maximum atomic E-state index is 9.64. The topological polar surface area (TPSA) is 35.5 Å². The number of hydrogen-bond acceptors (Lipinski definition) is 3. The van der Waals surface area contributed by atoms with E-state index in [1.54, 1.807) is 0 Å². The second-order valence-corrected chi connectivity index (χ2v) is 3.89. The van der Waals surface area contributed by atoms with Crippen LogP contribution in [0.1, 0.15) is 19.3 Å². The number of aliphatic hydroxyl groups is 1. The number of piperidine rings is 1. The number of nitrogens with one attached hydrogen (secondary N) is 1. The molecule has 2 saturated heterocycles. The molecule has 2 N–H and O–H groups in total. The summed E-state index contributed by atoms with van der Waals surface area (Å²) in [7, 11) is 0. The van der Waals surface area contributed by atoms with Gasteiger partial charge in [-0.1, -0.05) is 6.42 Å². The highest BCUT2D eigenvalue weighted by molar-refractivity contribution is 5.85. The first-order valence-corrected chi connectivity index (χ1v) is 5.01. The van der Waals surface area contributed by atoms with Crippen LogP contribution in [0, 0.1) is 0 Å². The molecular formula is C9H20Cl2N2O. The minimum absolute atomic E-state index is 0. The lowest BCUT2D eigenvalue weighted by Crippen LogP contribution is -2.45. The lowest BCUT2D eigenvalue weighted by Gasteiger charge is -2.33. The molecule has 0 aromatic heterocycles. The van der Waals surface area contributed by atoms with Crippen LogP contribution >= 0.6 is 24.8 Å². The molecule has 2 rings (SSSR count). The summed E-state index contributed by atoms with van der Waals surface area (Å²) in [5, 5.41) is 12.9. The van der Waals surface area contributed by atoms with Crippen molar-refractivity contribution in [1.29, 1.82) is 0 Å². The van der Waals surface area contributed by atoms with Crippen LogP contribution in [0.5, 0.6) is 0 Å². The molecule has 2 aliphatic rings. The van der Waals surface area contributed by atoms with Crippen LogP contribution in [0.15, 0.2) is 0 Å². The highest BCUT2D eigenvalue weighted by Crippen LogP contribution is 2.16. The van der Waals surface area contributed by atoms with Gasteiger partial charge in [-0.2, -0.15) is 0 Å². The van der Waals surface area contributed by atoms with E-state index in [1.165, 1.54) is 32.4 Å². The average molecular weight is 243 g/mol. The van der Waals surface area contributed by atoms with Gasteiger partial charge >= 0.3 is 0 Å². The molecule has 0 aliphatic carbocycles. The molecule has 0 radical (unpaired) electrons. The molecule has 2 atom stereocenters.